The van der Waals surface area contributed by atoms with Crippen molar-refractivity contribution in [1.29, 1.82) is 0 Å². The van der Waals surface area contributed by atoms with Gasteiger partial charge in [-0.1, -0.05) is 31.7 Å². The van der Waals surface area contributed by atoms with Gasteiger partial charge in [0.05, 0.1) is 19.5 Å². The normalized spacial score (nSPS) is 22.8. The van der Waals surface area contributed by atoms with Gasteiger partial charge in [0, 0.05) is 30.7 Å². The second-order valence-electron chi connectivity index (χ2n) is 11.7. The molecule has 2 amide bonds. The van der Waals surface area contributed by atoms with Crippen molar-refractivity contribution in [2.45, 2.75) is 57.8 Å². The molecular weight excluding hydrogens is 802 g/mol. The Balaban J connectivity index is 0.0000101. The van der Waals surface area contributed by atoms with E-state index in [-0.39, 0.29) is 60.5 Å². The van der Waals surface area contributed by atoms with Crippen LogP contribution in [0.2, 0.25) is 0 Å². The summed E-state index contributed by atoms with van der Waals surface area (Å²) >= 11 is 0.998. The van der Waals surface area contributed by atoms with Crippen LogP contribution in [-0.4, -0.2) is 108 Å². The van der Waals surface area contributed by atoms with E-state index >= 15 is 0 Å². The minimum atomic E-state index is -5.89. The molecule has 54 heavy (non-hydrogen) atoms. The van der Waals surface area contributed by atoms with Crippen molar-refractivity contribution in [2.75, 3.05) is 37.8 Å². The Labute approximate surface area is 323 Å². The fourth-order valence-electron chi connectivity index (χ4n) is 4.45. The number of nitrogens with two attached hydrogens (primary N) is 1. The molecule has 2 aromatic rings. The zero-order chi connectivity index (χ0) is 39.8. The number of carbonyl (C=O) groups excluding carboxylic acids is 3. The molecule has 1 saturated heterocycles. The van der Waals surface area contributed by atoms with Crippen LogP contribution in [0.3, 0.4) is 0 Å². The summed E-state index contributed by atoms with van der Waals surface area (Å²) in [5.74, 6) is -1.22. The van der Waals surface area contributed by atoms with Crippen molar-refractivity contribution in [3.63, 3.8) is 0 Å². The van der Waals surface area contributed by atoms with Gasteiger partial charge in [-0.3, -0.25) is 32.6 Å². The number of fused-ring (bicyclic) bond motifs is 1. The van der Waals surface area contributed by atoms with Crippen LogP contribution in [0.4, 0.5) is 5.82 Å². The van der Waals surface area contributed by atoms with Crippen LogP contribution < -0.4 is 49.9 Å². The van der Waals surface area contributed by atoms with E-state index < -0.39 is 84.6 Å². The number of carbonyl (C=O) groups is 3. The second kappa shape index (κ2) is 20.4. The van der Waals surface area contributed by atoms with Crippen molar-refractivity contribution in [3.05, 3.63) is 24.8 Å². The van der Waals surface area contributed by atoms with E-state index in [9.17, 15) is 57.9 Å². The number of aliphatic hydroxyl groups is 2. The van der Waals surface area contributed by atoms with E-state index in [4.69, 9.17) is 10.5 Å². The molecule has 0 aliphatic carbocycles. The maximum Gasteiger partial charge on any atom is 1.00 e. The average molecular weight is 840 g/mol. The number of nitrogens with one attached hydrogen (secondary N) is 2. The van der Waals surface area contributed by atoms with Gasteiger partial charge in [-0.05, 0) is 13.0 Å². The Bertz CT molecular complexity index is 1800. The zero-order valence-electron chi connectivity index (χ0n) is 29.1. The van der Waals surface area contributed by atoms with E-state index in [2.05, 4.69) is 43.5 Å². The number of ether oxygens (including phenoxy) is 1. The monoisotopic (exact) mass is 839 g/mol. The second-order valence-corrected chi connectivity index (χ2v) is 16.9. The molecule has 1 fully saturated rings. The molecule has 1 aliphatic rings. The Morgan fingerprint density at radius 3 is 2.44 bits per heavy atom. The number of hydrogen-bond donors (Lipinski definition) is 6. The summed E-state index contributed by atoms with van der Waals surface area (Å²) in [6, 6.07) is 0. The molecule has 0 spiro atoms. The number of aromatic nitrogens is 4. The number of hydrogen-bond acceptors (Lipinski definition) is 21. The minimum Gasteiger partial charge on any atom is -0.756 e. The van der Waals surface area contributed by atoms with Gasteiger partial charge in [-0.25, -0.2) is 19.3 Å². The Morgan fingerprint density at radius 2 is 1.80 bits per heavy atom. The fraction of sp³-hybridized carbons (Fsp3) is 0.600. The Kier molecular flexibility index (Phi) is 18.1. The first-order valence-electron chi connectivity index (χ1n) is 15.2. The topological polar surface area (TPSA) is 372 Å². The number of phosphoric acid groups is 3. The van der Waals surface area contributed by atoms with Gasteiger partial charge >= 0.3 is 18.9 Å². The predicted octanol–water partition coefficient (Wildman–Crippen LogP) is -5.65. The number of rotatable bonds is 20. The van der Waals surface area contributed by atoms with E-state index in [1.165, 1.54) is 19.9 Å². The van der Waals surface area contributed by atoms with Crippen LogP contribution in [0.25, 0.3) is 11.2 Å². The summed E-state index contributed by atoms with van der Waals surface area (Å²) in [5, 5.41) is 25.9. The summed E-state index contributed by atoms with van der Waals surface area (Å²) < 4.78 is 60.6. The number of anilines is 1. The summed E-state index contributed by atoms with van der Waals surface area (Å²) in [4.78, 5) is 93.1. The van der Waals surface area contributed by atoms with Crippen molar-refractivity contribution in [1.82, 2.24) is 30.2 Å². The molecule has 0 aromatic carbocycles. The number of amides is 2. The van der Waals surface area contributed by atoms with Gasteiger partial charge < -0.3 is 64.5 Å². The minimum absolute atomic E-state index is 0. The van der Waals surface area contributed by atoms with Crippen LogP contribution in [-0.2, 0) is 50.7 Å². The molecule has 1 aliphatic heterocycles. The number of allylic oxidation sites excluding steroid dienone is 1. The van der Waals surface area contributed by atoms with Crippen molar-refractivity contribution in [2.24, 2.45) is 5.41 Å². The van der Waals surface area contributed by atoms with Gasteiger partial charge in [0.25, 0.3) is 23.5 Å². The largest absolute Gasteiger partial charge is 1.00 e. The molecule has 0 saturated carbocycles. The van der Waals surface area contributed by atoms with Gasteiger partial charge in [-0.15, -0.1) is 0 Å². The molecule has 0 radical (unpaired) electrons. The summed E-state index contributed by atoms with van der Waals surface area (Å²) in [5.41, 5.74) is 4.10. The molecule has 7 N–H and O–H groups in total. The molecule has 298 valence electrons. The third-order valence-electron chi connectivity index (χ3n) is 7.03. The SMILES string of the molecule is C/C=C/C(=O)SCCNC(=O)CCNC(=O)C(O)C(C)(C)COP(=O)([O-])OP(=O)([O-])OCC1OC(n2cnc3c(N)ncnc32)C(O)C1OP(=O)([O-])O.[Li+]. The van der Waals surface area contributed by atoms with Crippen molar-refractivity contribution < 1.29 is 99.3 Å². The molecule has 29 heteroatoms. The molecule has 8 atom stereocenters. The first-order valence-corrected chi connectivity index (χ1v) is 20.6. The number of aliphatic hydroxyl groups excluding tert-OH is 2. The van der Waals surface area contributed by atoms with Gasteiger partial charge in [0.1, 0.15) is 36.3 Å². The zero-order valence-corrected chi connectivity index (χ0v) is 32.6. The first kappa shape index (κ1) is 48.0. The number of thioether (sulfide) groups is 1. The number of phosphoric ester groups is 3. The first-order chi connectivity index (χ1) is 24.6. The van der Waals surface area contributed by atoms with Gasteiger partial charge in [-0.2, -0.15) is 0 Å². The maximum absolute atomic E-state index is 12.5. The van der Waals surface area contributed by atoms with Crippen molar-refractivity contribution >= 4 is 69.1 Å². The van der Waals surface area contributed by atoms with E-state index in [1.54, 1.807) is 13.0 Å². The van der Waals surface area contributed by atoms with Crippen LogP contribution in [0, 0.1) is 5.41 Å². The van der Waals surface area contributed by atoms with Gasteiger partial charge in [0.15, 0.2) is 17.7 Å². The number of nitrogens with zero attached hydrogens (tertiary/aromatic N) is 4. The molecule has 8 unspecified atom stereocenters. The quantitative estimate of drug-likeness (QED) is 0.0313. The van der Waals surface area contributed by atoms with Crippen LogP contribution in [0.5, 0.6) is 0 Å². The van der Waals surface area contributed by atoms with E-state index in [0.717, 1.165) is 29.0 Å². The summed E-state index contributed by atoms with van der Waals surface area (Å²) in [6.07, 6.45) is -4.42. The molecular formula is C25H37LiN7O17P3S-2. The van der Waals surface area contributed by atoms with Crippen LogP contribution in [0.1, 0.15) is 33.4 Å². The standard InChI is InChI=1S/C25H40N7O17P3S.Li/c1-4-5-16(34)53-9-8-27-15(33)6-7-28-23(37)20(36)25(2,3)11-46-52(43,44)49-51(41,42)45-10-14-19(48-50(38,39)40)18(35)24(47-14)32-13-31-17-21(26)29-12-30-22(17)32;/h4-5,12-14,18-20,24,35-36H,6-11H2,1-3H3,(H,27,33)(H,28,37)(H,41,42)(H,43,44)(H2,26,29,30)(H2,38,39,40);/q;+1/p-3/b5-4+;. The number of nitrogen functional groups attached to an aromatic ring is 1. The maximum atomic E-state index is 12.5. The van der Waals surface area contributed by atoms with E-state index in [0.29, 0.717) is 5.75 Å². The molecule has 2 aromatic heterocycles. The third-order valence-corrected chi connectivity index (χ3v) is 10.9. The smallest absolute Gasteiger partial charge is 0.756 e. The summed E-state index contributed by atoms with van der Waals surface area (Å²) in [6.45, 7) is 1.82. The Hall–Kier alpha value is -2.10. The number of imidazole rings is 1. The van der Waals surface area contributed by atoms with Crippen LogP contribution >= 0.6 is 35.2 Å². The molecule has 24 nitrogen and oxygen atoms in total. The average Bonchev–Trinajstić information content (AvgIpc) is 3.61. The molecule has 3 rings (SSSR count). The van der Waals surface area contributed by atoms with Crippen molar-refractivity contribution in [3.8, 4) is 0 Å². The van der Waals surface area contributed by atoms with Crippen LogP contribution in [0.15, 0.2) is 24.8 Å². The molecule has 3 heterocycles. The molecule has 0 bridgehead atoms. The Morgan fingerprint density at radius 1 is 1.13 bits per heavy atom. The summed E-state index contributed by atoms with van der Waals surface area (Å²) in [7, 11) is -17.3. The van der Waals surface area contributed by atoms with E-state index in [1.807, 2.05) is 0 Å². The predicted molar refractivity (Wildman–Crippen MR) is 175 cm³/mol. The third kappa shape index (κ3) is 14.4. The fourth-order valence-corrected chi connectivity index (χ4v) is 7.83. The van der Waals surface area contributed by atoms with Gasteiger partial charge in [0.2, 0.25) is 16.9 Å².